The minimum Gasteiger partial charge on any atom is -0.502 e. The van der Waals surface area contributed by atoms with E-state index in [0.29, 0.717) is 10.5 Å². The van der Waals surface area contributed by atoms with Gasteiger partial charge in [-0.15, -0.1) is 0 Å². The number of rotatable bonds is 4. The first kappa shape index (κ1) is 16.2. The monoisotopic (exact) mass is 390 g/mol. The molecule has 2 N–H and O–H groups in total. The predicted octanol–water partition coefficient (Wildman–Crippen LogP) is 3.00. The summed E-state index contributed by atoms with van der Waals surface area (Å²) in [6.45, 7) is 0. The highest BCUT2D eigenvalue weighted by atomic mass is 79.9. The molecule has 0 amide bonds. The molecule has 0 unspecified atom stereocenters. The largest absolute Gasteiger partial charge is 0.502 e. The molecule has 0 atom stereocenters. The van der Waals surface area contributed by atoms with Crippen LogP contribution in [0.15, 0.2) is 45.8 Å². The van der Waals surface area contributed by atoms with Gasteiger partial charge in [-0.25, -0.2) is 12.8 Å². The molecule has 0 radical (unpaired) electrons. The number of nitrogens with one attached hydrogen (secondary N) is 1. The maximum Gasteiger partial charge on any atom is 0.312 e. The summed E-state index contributed by atoms with van der Waals surface area (Å²) in [5.41, 5.74) is -1.07. The van der Waals surface area contributed by atoms with Crippen LogP contribution in [0.25, 0.3) is 0 Å². The zero-order valence-corrected chi connectivity index (χ0v) is 13.1. The van der Waals surface area contributed by atoms with E-state index in [1.807, 2.05) is 4.72 Å². The Balaban J connectivity index is 2.42. The smallest absolute Gasteiger partial charge is 0.312 e. The summed E-state index contributed by atoms with van der Waals surface area (Å²) >= 11 is 3.03. The average molecular weight is 391 g/mol. The van der Waals surface area contributed by atoms with Crippen LogP contribution in [0.2, 0.25) is 0 Å². The van der Waals surface area contributed by atoms with Crippen molar-refractivity contribution < 1.29 is 22.8 Å². The third-order valence-electron chi connectivity index (χ3n) is 2.63. The SMILES string of the molecule is O=[N+]([O-])c1cc(S(=O)(=O)Nc2ccc(Br)cc2F)ccc1O. The second-order valence-electron chi connectivity index (χ2n) is 4.14. The molecule has 0 bridgehead atoms. The summed E-state index contributed by atoms with van der Waals surface area (Å²) in [6.07, 6.45) is 0. The molecule has 10 heteroatoms. The van der Waals surface area contributed by atoms with E-state index < -0.39 is 37.1 Å². The standard InChI is InChI=1S/C12H8BrFN2O5S/c13-7-1-3-10(9(14)5-7)15-22(20,21)8-2-4-12(17)11(6-8)16(18)19/h1-6,15,17H. The molecule has 2 rings (SSSR count). The van der Waals surface area contributed by atoms with Gasteiger partial charge >= 0.3 is 5.69 Å². The fourth-order valence-electron chi connectivity index (χ4n) is 1.59. The lowest BCUT2D eigenvalue weighted by atomic mass is 10.3. The Morgan fingerprint density at radius 2 is 1.91 bits per heavy atom. The molecule has 7 nitrogen and oxygen atoms in total. The maximum absolute atomic E-state index is 13.7. The lowest BCUT2D eigenvalue weighted by Crippen LogP contribution is -2.14. The van der Waals surface area contributed by atoms with E-state index in [2.05, 4.69) is 15.9 Å². The third-order valence-corrected chi connectivity index (χ3v) is 4.49. The van der Waals surface area contributed by atoms with Crippen LogP contribution in [-0.2, 0) is 10.0 Å². The summed E-state index contributed by atoms with van der Waals surface area (Å²) in [6, 6.07) is 6.24. The third kappa shape index (κ3) is 3.34. The number of aromatic hydroxyl groups is 1. The summed E-state index contributed by atoms with van der Waals surface area (Å²) in [4.78, 5) is 9.32. The summed E-state index contributed by atoms with van der Waals surface area (Å²) in [7, 11) is -4.24. The van der Waals surface area contributed by atoms with Gasteiger partial charge in [0.25, 0.3) is 10.0 Å². The number of hydrogen-bond acceptors (Lipinski definition) is 5. The maximum atomic E-state index is 13.7. The van der Waals surface area contributed by atoms with Gasteiger partial charge < -0.3 is 5.11 Å². The number of nitrogens with zero attached hydrogens (tertiary/aromatic N) is 1. The first-order chi connectivity index (χ1) is 10.2. The number of sulfonamides is 1. The molecular weight excluding hydrogens is 383 g/mol. The van der Waals surface area contributed by atoms with Gasteiger partial charge in [0, 0.05) is 10.5 Å². The zero-order valence-electron chi connectivity index (χ0n) is 10.7. The average Bonchev–Trinajstić information content (AvgIpc) is 2.42. The number of phenols is 1. The summed E-state index contributed by atoms with van der Waals surface area (Å²) in [5.74, 6) is -1.48. The fourth-order valence-corrected chi connectivity index (χ4v) is 3.01. The number of halogens is 2. The van der Waals surface area contributed by atoms with Gasteiger partial charge in [0.1, 0.15) is 5.82 Å². The number of benzene rings is 2. The molecule has 22 heavy (non-hydrogen) atoms. The number of hydrogen-bond donors (Lipinski definition) is 2. The first-order valence-electron chi connectivity index (χ1n) is 5.66. The second kappa shape index (κ2) is 5.89. The normalized spacial score (nSPS) is 11.2. The van der Waals surface area contributed by atoms with E-state index >= 15 is 0 Å². The molecule has 0 saturated heterocycles. The Morgan fingerprint density at radius 1 is 1.23 bits per heavy atom. The fraction of sp³-hybridized carbons (Fsp3) is 0. The van der Waals surface area contributed by atoms with E-state index in [4.69, 9.17) is 0 Å². The zero-order chi connectivity index (χ0) is 16.5. The lowest BCUT2D eigenvalue weighted by molar-refractivity contribution is -0.386. The van der Waals surface area contributed by atoms with Crippen molar-refractivity contribution in [3.8, 4) is 5.75 Å². The van der Waals surface area contributed by atoms with Crippen molar-refractivity contribution in [1.29, 1.82) is 0 Å². The molecule has 0 aromatic heterocycles. The van der Waals surface area contributed by atoms with E-state index in [0.717, 1.165) is 18.2 Å². The molecule has 2 aromatic rings. The van der Waals surface area contributed by atoms with Crippen LogP contribution in [0, 0.1) is 15.9 Å². The molecular formula is C12H8BrFN2O5S. The van der Waals surface area contributed by atoms with Crippen LogP contribution >= 0.6 is 15.9 Å². The van der Waals surface area contributed by atoms with E-state index in [1.165, 1.54) is 12.1 Å². The lowest BCUT2D eigenvalue weighted by Gasteiger charge is -2.09. The molecule has 0 aliphatic rings. The molecule has 0 aliphatic heterocycles. The Bertz CT molecular complexity index is 857. The van der Waals surface area contributed by atoms with Crippen LogP contribution in [0.5, 0.6) is 5.75 Å². The number of phenolic OH excluding ortho intramolecular Hbond substituents is 1. The van der Waals surface area contributed by atoms with E-state index in [-0.39, 0.29) is 5.69 Å². The van der Waals surface area contributed by atoms with Crippen molar-refractivity contribution in [3.63, 3.8) is 0 Å². The molecule has 0 heterocycles. The van der Waals surface area contributed by atoms with Crippen LogP contribution < -0.4 is 4.72 Å². The van der Waals surface area contributed by atoms with Gasteiger partial charge in [0.05, 0.1) is 15.5 Å². The minimum absolute atomic E-state index is 0.307. The highest BCUT2D eigenvalue weighted by molar-refractivity contribution is 9.10. The van der Waals surface area contributed by atoms with Crippen molar-refractivity contribution in [2.24, 2.45) is 0 Å². The predicted molar refractivity (Wildman–Crippen MR) is 79.7 cm³/mol. The van der Waals surface area contributed by atoms with Gasteiger partial charge in [-0.05, 0) is 30.3 Å². The molecule has 0 spiro atoms. The Kier molecular flexibility index (Phi) is 4.33. The number of nitro benzene ring substituents is 1. The topological polar surface area (TPSA) is 110 Å². The van der Waals surface area contributed by atoms with Crippen molar-refractivity contribution in [2.75, 3.05) is 4.72 Å². The highest BCUT2D eigenvalue weighted by Gasteiger charge is 2.22. The highest BCUT2D eigenvalue weighted by Crippen LogP contribution is 2.29. The van der Waals surface area contributed by atoms with E-state index in [9.17, 15) is 28.0 Å². The van der Waals surface area contributed by atoms with Crippen molar-refractivity contribution in [3.05, 3.63) is 56.8 Å². The van der Waals surface area contributed by atoms with Crippen LogP contribution in [0.4, 0.5) is 15.8 Å². The molecule has 0 fully saturated rings. The van der Waals surface area contributed by atoms with Gasteiger partial charge in [-0.1, -0.05) is 15.9 Å². The Morgan fingerprint density at radius 3 is 2.50 bits per heavy atom. The Hall–Kier alpha value is -2.20. The molecule has 0 saturated carbocycles. The summed E-state index contributed by atoms with van der Waals surface area (Å²) in [5, 5.41) is 20.0. The first-order valence-corrected chi connectivity index (χ1v) is 7.93. The minimum atomic E-state index is -4.24. The van der Waals surface area contributed by atoms with Crippen LogP contribution in [0.3, 0.4) is 0 Å². The summed E-state index contributed by atoms with van der Waals surface area (Å²) < 4.78 is 40.3. The van der Waals surface area contributed by atoms with E-state index in [1.54, 1.807) is 0 Å². The van der Waals surface area contributed by atoms with Gasteiger partial charge in [0.15, 0.2) is 5.75 Å². The quantitative estimate of drug-likeness (QED) is 0.615. The number of anilines is 1. The van der Waals surface area contributed by atoms with Crippen molar-refractivity contribution in [1.82, 2.24) is 0 Å². The Labute approximate surface area is 132 Å². The van der Waals surface area contributed by atoms with Gasteiger partial charge in [-0.3, -0.25) is 14.8 Å². The number of nitro groups is 1. The second-order valence-corrected chi connectivity index (χ2v) is 6.74. The molecule has 116 valence electrons. The van der Waals surface area contributed by atoms with Crippen LogP contribution in [0.1, 0.15) is 0 Å². The van der Waals surface area contributed by atoms with Crippen molar-refractivity contribution in [2.45, 2.75) is 4.90 Å². The molecule has 2 aromatic carbocycles. The van der Waals surface area contributed by atoms with Gasteiger partial charge in [-0.2, -0.15) is 0 Å². The van der Waals surface area contributed by atoms with Gasteiger partial charge in [0.2, 0.25) is 0 Å². The van der Waals surface area contributed by atoms with Crippen LogP contribution in [-0.4, -0.2) is 18.4 Å². The van der Waals surface area contributed by atoms with Crippen molar-refractivity contribution >= 4 is 37.3 Å². The molecule has 0 aliphatic carbocycles.